The van der Waals surface area contributed by atoms with Crippen molar-refractivity contribution in [1.82, 2.24) is 5.32 Å². The molecule has 28 heavy (non-hydrogen) atoms. The molecule has 1 aromatic carbocycles. The summed E-state index contributed by atoms with van der Waals surface area (Å²) in [6.07, 6.45) is 2.94. The van der Waals surface area contributed by atoms with Gasteiger partial charge in [-0.1, -0.05) is 44.9 Å². The van der Waals surface area contributed by atoms with E-state index in [9.17, 15) is 18.8 Å². The van der Waals surface area contributed by atoms with Crippen LogP contribution in [0.2, 0.25) is 0 Å². The minimum atomic E-state index is -1.06. The number of methoxy groups -OCH3 is 1. The van der Waals surface area contributed by atoms with Crippen molar-refractivity contribution in [3.05, 3.63) is 35.6 Å². The molecule has 0 aromatic heterocycles. The van der Waals surface area contributed by atoms with E-state index in [1.807, 2.05) is 13.8 Å². The SMILES string of the molecule is COC(=O)[C@@H](CC(C)C)NC(=O)COC(=O)C1(c2ccccc2F)CCCC1. The number of nitrogens with one attached hydrogen (secondary N) is 1. The summed E-state index contributed by atoms with van der Waals surface area (Å²) in [4.78, 5) is 36.8. The molecule has 0 spiro atoms. The van der Waals surface area contributed by atoms with Crippen molar-refractivity contribution < 1.29 is 28.2 Å². The highest BCUT2D eigenvalue weighted by Crippen LogP contribution is 2.43. The van der Waals surface area contributed by atoms with Gasteiger partial charge in [0.1, 0.15) is 11.9 Å². The quantitative estimate of drug-likeness (QED) is 0.687. The molecule has 2 rings (SSSR count). The summed E-state index contributed by atoms with van der Waals surface area (Å²) in [5, 5.41) is 2.54. The van der Waals surface area contributed by atoms with Crippen molar-refractivity contribution in [3.8, 4) is 0 Å². The summed E-state index contributed by atoms with van der Waals surface area (Å²) in [5.74, 6) is -2.04. The van der Waals surface area contributed by atoms with Gasteiger partial charge in [0, 0.05) is 5.56 Å². The Hall–Kier alpha value is -2.44. The Bertz CT molecular complexity index is 713. The van der Waals surface area contributed by atoms with Crippen LogP contribution in [-0.4, -0.2) is 37.6 Å². The van der Waals surface area contributed by atoms with Crippen LogP contribution in [0.1, 0.15) is 51.5 Å². The van der Waals surface area contributed by atoms with E-state index in [0.29, 0.717) is 24.8 Å². The number of esters is 2. The molecule has 1 atom stereocenters. The molecule has 7 heteroatoms. The standard InChI is InChI=1S/C21H28FNO5/c1-14(2)12-17(19(25)27-3)23-18(24)13-28-20(26)21(10-6-7-11-21)15-8-4-5-9-16(15)22/h4-5,8-9,14,17H,6-7,10-13H2,1-3H3,(H,23,24)/t17-/m1/s1. The van der Waals surface area contributed by atoms with Crippen LogP contribution in [0, 0.1) is 11.7 Å². The lowest BCUT2D eigenvalue weighted by Gasteiger charge is -2.27. The Balaban J connectivity index is 2.04. The summed E-state index contributed by atoms with van der Waals surface area (Å²) in [7, 11) is 1.25. The molecule has 6 nitrogen and oxygen atoms in total. The lowest BCUT2D eigenvalue weighted by atomic mass is 9.78. The fourth-order valence-electron chi connectivity index (χ4n) is 3.74. The van der Waals surface area contributed by atoms with Gasteiger partial charge >= 0.3 is 11.9 Å². The highest BCUT2D eigenvalue weighted by molar-refractivity contribution is 5.88. The fraction of sp³-hybridized carbons (Fsp3) is 0.571. The fourth-order valence-corrected chi connectivity index (χ4v) is 3.74. The number of carbonyl (C=O) groups is 3. The van der Waals surface area contributed by atoms with E-state index in [0.717, 1.165) is 12.8 Å². The van der Waals surface area contributed by atoms with Gasteiger partial charge in [-0.25, -0.2) is 9.18 Å². The third-order valence-electron chi connectivity index (χ3n) is 5.10. The van der Waals surface area contributed by atoms with Gasteiger partial charge in [-0.05, 0) is 31.2 Å². The Labute approximate surface area is 164 Å². The minimum Gasteiger partial charge on any atom is -0.467 e. The van der Waals surface area contributed by atoms with Crippen LogP contribution >= 0.6 is 0 Å². The summed E-state index contributed by atoms with van der Waals surface area (Å²) >= 11 is 0. The second-order valence-corrected chi connectivity index (χ2v) is 7.62. The van der Waals surface area contributed by atoms with Gasteiger partial charge in [0.15, 0.2) is 6.61 Å². The van der Waals surface area contributed by atoms with Gasteiger partial charge in [0.2, 0.25) is 0 Å². The van der Waals surface area contributed by atoms with E-state index < -0.39 is 41.7 Å². The van der Waals surface area contributed by atoms with Gasteiger partial charge in [0.05, 0.1) is 12.5 Å². The van der Waals surface area contributed by atoms with Crippen molar-refractivity contribution in [2.45, 2.75) is 57.4 Å². The van der Waals surface area contributed by atoms with Crippen LogP contribution in [0.15, 0.2) is 24.3 Å². The number of benzene rings is 1. The predicted molar refractivity (Wildman–Crippen MR) is 101 cm³/mol. The normalized spacial score (nSPS) is 16.5. The van der Waals surface area contributed by atoms with Crippen LogP contribution in [0.4, 0.5) is 4.39 Å². The molecule has 1 aliphatic carbocycles. The second-order valence-electron chi connectivity index (χ2n) is 7.62. The molecule has 0 unspecified atom stereocenters. The van der Waals surface area contributed by atoms with E-state index >= 15 is 0 Å². The van der Waals surface area contributed by atoms with E-state index in [-0.39, 0.29) is 5.92 Å². The first-order valence-corrected chi connectivity index (χ1v) is 9.59. The maximum absolute atomic E-state index is 14.3. The Kier molecular flexibility index (Phi) is 7.54. The summed E-state index contributed by atoms with van der Waals surface area (Å²) in [6, 6.07) is 5.37. The van der Waals surface area contributed by atoms with Gasteiger partial charge in [-0.15, -0.1) is 0 Å². The number of amides is 1. The number of ether oxygens (including phenoxy) is 2. The van der Waals surface area contributed by atoms with Crippen molar-refractivity contribution >= 4 is 17.8 Å². The molecule has 1 N–H and O–H groups in total. The zero-order valence-electron chi connectivity index (χ0n) is 16.6. The van der Waals surface area contributed by atoms with Gasteiger partial charge < -0.3 is 14.8 Å². The van der Waals surface area contributed by atoms with Crippen molar-refractivity contribution in [2.75, 3.05) is 13.7 Å². The van der Waals surface area contributed by atoms with Crippen LogP contribution in [0.3, 0.4) is 0 Å². The first-order valence-electron chi connectivity index (χ1n) is 9.59. The topological polar surface area (TPSA) is 81.7 Å². The van der Waals surface area contributed by atoms with Crippen LogP contribution in [0.25, 0.3) is 0 Å². The number of hydrogen-bond acceptors (Lipinski definition) is 5. The van der Waals surface area contributed by atoms with E-state index in [1.165, 1.54) is 13.2 Å². The third-order valence-corrected chi connectivity index (χ3v) is 5.10. The molecule has 1 aromatic rings. The van der Waals surface area contributed by atoms with Crippen LogP contribution < -0.4 is 5.32 Å². The summed E-state index contributed by atoms with van der Waals surface area (Å²) < 4.78 is 24.3. The summed E-state index contributed by atoms with van der Waals surface area (Å²) in [6.45, 7) is 3.31. The summed E-state index contributed by atoms with van der Waals surface area (Å²) in [5.41, 5.74) is -0.754. The van der Waals surface area contributed by atoms with Gasteiger partial charge in [-0.3, -0.25) is 9.59 Å². The predicted octanol–water partition coefficient (Wildman–Crippen LogP) is 2.88. The van der Waals surface area contributed by atoms with E-state index in [1.54, 1.807) is 18.2 Å². The molecular weight excluding hydrogens is 365 g/mol. The van der Waals surface area contributed by atoms with E-state index in [2.05, 4.69) is 5.32 Å². The maximum Gasteiger partial charge on any atom is 0.328 e. The largest absolute Gasteiger partial charge is 0.467 e. The van der Waals surface area contributed by atoms with Crippen LogP contribution in [0.5, 0.6) is 0 Å². The van der Waals surface area contributed by atoms with Gasteiger partial charge in [-0.2, -0.15) is 0 Å². The number of carbonyl (C=O) groups excluding carboxylic acids is 3. The highest BCUT2D eigenvalue weighted by atomic mass is 19.1. The van der Waals surface area contributed by atoms with Crippen molar-refractivity contribution in [1.29, 1.82) is 0 Å². The molecule has 1 saturated carbocycles. The molecule has 0 aliphatic heterocycles. The molecule has 0 heterocycles. The maximum atomic E-state index is 14.3. The second kappa shape index (κ2) is 9.66. The molecular formula is C21H28FNO5. The molecule has 1 amide bonds. The minimum absolute atomic E-state index is 0.162. The first-order chi connectivity index (χ1) is 13.3. The third kappa shape index (κ3) is 5.09. The van der Waals surface area contributed by atoms with E-state index in [4.69, 9.17) is 9.47 Å². The monoisotopic (exact) mass is 393 g/mol. The average Bonchev–Trinajstić information content (AvgIpc) is 3.15. The zero-order chi connectivity index (χ0) is 20.7. The molecule has 0 saturated heterocycles. The zero-order valence-corrected chi connectivity index (χ0v) is 16.6. The average molecular weight is 393 g/mol. The molecule has 154 valence electrons. The van der Waals surface area contributed by atoms with Crippen molar-refractivity contribution in [2.24, 2.45) is 5.92 Å². The number of hydrogen-bond donors (Lipinski definition) is 1. The van der Waals surface area contributed by atoms with Gasteiger partial charge in [0.25, 0.3) is 5.91 Å². The molecule has 1 aliphatic rings. The number of halogens is 1. The molecule has 1 fully saturated rings. The molecule has 0 radical (unpaired) electrons. The Morgan fingerprint density at radius 3 is 2.39 bits per heavy atom. The molecule has 0 bridgehead atoms. The number of rotatable bonds is 8. The Morgan fingerprint density at radius 1 is 1.18 bits per heavy atom. The van der Waals surface area contributed by atoms with Crippen molar-refractivity contribution in [3.63, 3.8) is 0 Å². The van der Waals surface area contributed by atoms with Crippen LogP contribution in [-0.2, 0) is 29.3 Å². The highest BCUT2D eigenvalue weighted by Gasteiger charge is 2.46. The smallest absolute Gasteiger partial charge is 0.328 e. The lowest BCUT2D eigenvalue weighted by Crippen LogP contribution is -2.45. The first kappa shape index (κ1) is 21.9. The lowest BCUT2D eigenvalue weighted by molar-refractivity contribution is -0.155. The Morgan fingerprint density at radius 2 is 1.82 bits per heavy atom.